The standard InChI is InChI=1S/C46H47F3N12O4/c1-28-35(10-5-12-37(28)56-43-50-26-52-45(58-43)60-21-17-31(18-22-60)64-33-8-3-7-30(47)25-33)54-40(62)15-16-41(63)55-36-11-6-13-38(29(36)2)57-44-51-27-53-46(59-44)61-23-19-32(20-24-61)65-39-14-4-9-34(48)42(39)49/h3-14,25-27,31-32H,15-24H2,1-2H3,(H,54,62)(H,55,63)(H,50,52,56,58)(H,51,53,57,59). The van der Waals surface area contributed by atoms with Crippen LogP contribution in [0.15, 0.2) is 91.5 Å². The van der Waals surface area contributed by atoms with Gasteiger partial charge in [-0.25, -0.2) is 28.7 Å². The van der Waals surface area contributed by atoms with Gasteiger partial charge in [-0.15, -0.1) is 0 Å². The maximum Gasteiger partial charge on any atom is 0.232 e. The maximum absolute atomic E-state index is 14.1. The van der Waals surface area contributed by atoms with Gasteiger partial charge in [0.25, 0.3) is 0 Å². The molecule has 16 nitrogen and oxygen atoms in total. The summed E-state index contributed by atoms with van der Waals surface area (Å²) in [6.07, 6.45) is 4.96. The lowest BCUT2D eigenvalue weighted by Crippen LogP contribution is -2.39. The predicted molar refractivity (Wildman–Crippen MR) is 240 cm³/mol. The molecule has 4 N–H and O–H groups in total. The second-order valence-corrected chi connectivity index (χ2v) is 15.6. The monoisotopic (exact) mass is 888 g/mol. The van der Waals surface area contributed by atoms with Crippen molar-refractivity contribution in [3.8, 4) is 11.5 Å². The summed E-state index contributed by atoms with van der Waals surface area (Å²) in [6.45, 7) is 6.09. The van der Waals surface area contributed by atoms with Gasteiger partial charge in [0.05, 0.1) is 0 Å². The van der Waals surface area contributed by atoms with E-state index in [1.807, 2.05) is 30.9 Å². The molecule has 0 spiro atoms. The second kappa shape index (κ2) is 20.3. The largest absolute Gasteiger partial charge is 0.490 e. The highest BCUT2D eigenvalue weighted by Crippen LogP contribution is 2.30. The molecule has 8 rings (SSSR count). The average Bonchev–Trinajstić information content (AvgIpc) is 3.31. The van der Waals surface area contributed by atoms with Crippen molar-refractivity contribution in [2.45, 2.75) is 64.6 Å². The number of halogens is 3. The molecule has 2 aliphatic rings. The lowest BCUT2D eigenvalue weighted by atomic mass is 10.1. The van der Waals surface area contributed by atoms with Gasteiger partial charge in [0.15, 0.2) is 11.6 Å². The highest BCUT2D eigenvalue weighted by molar-refractivity contribution is 5.98. The summed E-state index contributed by atoms with van der Waals surface area (Å²) >= 11 is 0. The Morgan fingerprint density at radius 1 is 0.615 bits per heavy atom. The molecule has 0 aliphatic carbocycles. The molecule has 336 valence electrons. The number of benzene rings is 4. The minimum Gasteiger partial charge on any atom is -0.490 e. The number of ether oxygens (including phenoxy) is 2. The number of carbonyl (C=O) groups is 2. The Morgan fingerprint density at radius 3 is 1.62 bits per heavy atom. The third-order valence-corrected chi connectivity index (χ3v) is 11.2. The van der Waals surface area contributed by atoms with Crippen LogP contribution in [-0.2, 0) is 9.59 Å². The average molecular weight is 889 g/mol. The lowest BCUT2D eigenvalue weighted by Gasteiger charge is -2.32. The quantitative estimate of drug-likeness (QED) is 0.0777. The van der Waals surface area contributed by atoms with Crippen molar-refractivity contribution in [3.05, 3.63) is 120 Å². The molecular formula is C46H47F3N12O4. The smallest absolute Gasteiger partial charge is 0.232 e. The molecule has 19 heteroatoms. The Kier molecular flexibility index (Phi) is 13.8. The molecule has 0 radical (unpaired) electrons. The van der Waals surface area contributed by atoms with Gasteiger partial charge in [-0.05, 0) is 73.5 Å². The number of piperidine rings is 2. The fraction of sp³-hybridized carbons (Fsp3) is 0.304. The molecule has 4 aromatic carbocycles. The van der Waals surface area contributed by atoms with Gasteiger partial charge in [-0.3, -0.25) is 9.59 Å². The van der Waals surface area contributed by atoms with Gasteiger partial charge < -0.3 is 40.5 Å². The van der Waals surface area contributed by atoms with Crippen LogP contribution in [0.1, 0.15) is 49.7 Å². The van der Waals surface area contributed by atoms with Crippen molar-refractivity contribution < 1.29 is 32.2 Å². The minimum absolute atomic E-state index is 0.0468. The third-order valence-electron chi connectivity index (χ3n) is 11.2. The molecule has 0 atom stereocenters. The number of hydrogen-bond donors (Lipinski definition) is 4. The molecule has 0 saturated carbocycles. The van der Waals surface area contributed by atoms with E-state index < -0.39 is 11.6 Å². The maximum atomic E-state index is 14.1. The summed E-state index contributed by atoms with van der Waals surface area (Å²) in [5, 5.41) is 12.3. The number of amides is 2. The SMILES string of the molecule is Cc1c(NC(=O)CCC(=O)Nc2cccc(Nc3ncnc(N4CCC(Oc5cccc(F)c5F)CC4)n3)c2C)cccc1Nc1ncnc(N2CCC(Oc3cccc(F)c3)CC2)n1. The summed E-state index contributed by atoms with van der Waals surface area (Å²) in [5.41, 5.74) is 3.96. The summed E-state index contributed by atoms with van der Waals surface area (Å²) < 4.78 is 53.1. The summed E-state index contributed by atoms with van der Waals surface area (Å²) in [7, 11) is 0. The van der Waals surface area contributed by atoms with Crippen LogP contribution in [-0.4, -0.2) is 80.1 Å². The fourth-order valence-corrected chi connectivity index (χ4v) is 7.54. The first-order valence-electron chi connectivity index (χ1n) is 21.3. The van der Waals surface area contributed by atoms with Crippen LogP contribution in [0.2, 0.25) is 0 Å². The van der Waals surface area contributed by atoms with Crippen LogP contribution in [0, 0.1) is 31.3 Å². The first kappa shape index (κ1) is 44.1. The molecular weight excluding hydrogens is 842 g/mol. The first-order valence-corrected chi connectivity index (χ1v) is 21.3. The van der Waals surface area contributed by atoms with E-state index in [0.717, 1.165) is 30.0 Å². The van der Waals surface area contributed by atoms with Crippen LogP contribution >= 0.6 is 0 Å². The number of carbonyl (C=O) groups excluding carboxylic acids is 2. The van der Waals surface area contributed by atoms with Gasteiger partial charge in [-0.2, -0.15) is 14.4 Å². The Hall–Kier alpha value is -7.57. The van der Waals surface area contributed by atoms with E-state index in [2.05, 4.69) is 56.1 Å². The molecule has 4 heterocycles. The zero-order chi connectivity index (χ0) is 45.3. The van der Waals surface area contributed by atoms with E-state index in [-0.39, 0.29) is 48.4 Å². The van der Waals surface area contributed by atoms with Crippen molar-refractivity contribution in [2.24, 2.45) is 0 Å². The number of hydrogen-bond acceptors (Lipinski definition) is 14. The highest BCUT2D eigenvalue weighted by atomic mass is 19.2. The number of aromatic nitrogens is 6. The Morgan fingerprint density at radius 2 is 1.09 bits per heavy atom. The Bertz CT molecular complexity index is 2640. The first-order chi connectivity index (χ1) is 31.5. The van der Waals surface area contributed by atoms with Crippen LogP contribution in [0.25, 0.3) is 0 Å². The molecule has 2 saturated heterocycles. The van der Waals surface area contributed by atoms with Crippen LogP contribution in [0.4, 0.5) is 59.7 Å². The lowest BCUT2D eigenvalue weighted by molar-refractivity contribution is -0.121. The highest BCUT2D eigenvalue weighted by Gasteiger charge is 2.25. The zero-order valence-electron chi connectivity index (χ0n) is 35.7. The van der Waals surface area contributed by atoms with Gasteiger partial charge >= 0.3 is 0 Å². The van der Waals surface area contributed by atoms with Crippen molar-refractivity contribution in [1.29, 1.82) is 0 Å². The normalized spacial score (nSPS) is 14.4. The van der Waals surface area contributed by atoms with Gasteiger partial charge in [0.1, 0.15) is 36.4 Å². The summed E-state index contributed by atoms with van der Waals surface area (Å²) in [4.78, 5) is 56.7. The van der Waals surface area contributed by atoms with E-state index in [0.29, 0.717) is 91.3 Å². The topological polar surface area (TPSA) is 185 Å². The van der Waals surface area contributed by atoms with Crippen LogP contribution in [0.5, 0.6) is 11.5 Å². The van der Waals surface area contributed by atoms with E-state index in [4.69, 9.17) is 9.47 Å². The second-order valence-electron chi connectivity index (χ2n) is 15.6. The van der Waals surface area contributed by atoms with Crippen LogP contribution < -0.4 is 40.5 Å². The van der Waals surface area contributed by atoms with E-state index in [9.17, 15) is 22.8 Å². The van der Waals surface area contributed by atoms with Gasteiger partial charge in [0.2, 0.25) is 41.4 Å². The zero-order valence-corrected chi connectivity index (χ0v) is 35.7. The molecule has 2 aliphatic heterocycles. The summed E-state index contributed by atoms with van der Waals surface area (Å²) in [5.74, 6) is -0.938. The molecule has 2 fully saturated rings. The third kappa shape index (κ3) is 11.3. The fourth-order valence-electron chi connectivity index (χ4n) is 7.54. The van der Waals surface area contributed by atoms with Crippen molar-refractivity contribution >= 4 is 58.4 Å². The molecule has 2 amide bonds. The van der Waals surface area contributed by atoms with E-state index >= 15 is 0 Å². The predicted octanol–water partition coefficient (Wildman–Crippen LogP) is 8.03. The molecule has 2 aromatic heterocycles. The van der Waals surface area contributed by atoms with Crippen molar-refractivity contribution in [2.75, 3.05) is 57.2 Å². The number of anilines is 8. The van der Waals surface area contributed by atoms with Gasteiger partial charge in [0, 0.05) is 93.5 Å². The number of rotatable bonds is 15. The minimum atomic E-state index is -0.997. The van der Waals surface area contributed by atoms with Crippen LogP contribution in [0.3, 0.4) is 0 Å². The Balaban J connectivity index is 0.796. The van der Waals surface area contributed by atoms with Crippen molar-refractivity contribution in [1.82, 2.24) is 29.9 Å². The summed E-state index contributed by atoms with van der Waals surface area (Å²) in [6, 6.07) is 20.8. The molecule has 0 bridgehead atoms. The molecule has 6 aromatic rings. The number of nitrogens with zero attached hydrogens (tertiary/aromatic N) is 8. The number of nitrogens with one attached hydrogen (secondary N) is 4. The van der Waals surface area contributed by atoms with Crippen molar-refractivity contribution in [3.63, 3.8) is 0 Å². The molecule has 65 heavy (non-hydrogen) atoms. The van der Waals surface area contributed by atoms with E-state index in [1.54, 1.807) is 36.4 Å². The molecule has 0 unspecified atom stereocenters. The van der Waals surface area contributed by atoms with Gasteiger partial charge in [-0.1, -0.05) is 24.3 Å². The Labute approximate surface area is 373 Å². The van der Waals surface area contributed by atoms with E-state index in [1.165, 1.54) is 36.9 Å².